The zero-order valence-corrected chi connectivity index (χ0v) is 15.9. The quantitative estimate of drug-likeness (QED) is 0.778. The van der Waals surface area contributed by atoms with Gasteiger partial charge in [0.2, 0.25) is 10.0 Å². The van der Waals surface area contributed by atoms with Crippen LogP contribution in [0.3, 0.4) is 0 Å². The number of aryl methyl sites for hydroxylation is 1. The summed E-state index contributed by atoms with van der Waals surface area (Å²) in [6, 6.07) is 10.8. The molecule has 1 aliphatic heterocycles. The van der Waals surface area contributed by atoms with Crippen molar-refractivity contribution in [3.8, 4) is 0 Å². The molecule has 0 spiro atoms. The molecule has 150 valence electrons. The maximum atomic E-state index is 12.9. The lowest BCUT2D eigenvalue weighted by Gasteiger charge is -2.34. The van der Waals surface area contributed by atoms with Gasteiger partial charge in [0.15, 0.2) is 0 Å². The predicted octanol–water partition coefficient (Wildman–Crippen LogP) is 3.16. The lowest BCUT2D eigenvalue weighted by molar-refractivity contribution is -0.137. The van der Waals surface area contributed by atoms with Gasteiger partial charge in [-0.05, 0) is 37.3 Å². The molecule has 0 aliphatic carbocycles. The Hall–Kier alpha value is -2.39. The van der Waals surface area contributed by atoms with Crippen molar-refractivity contribution in [1.82, 2.24) is 9.21 Å². The maximum absolute atomic E-state index is 12.9. The van der Waals surface area contributed by atoms with E-state index >= 15 is 0 Å². The molecule has 0 bridgehead atoms. The van der Waals surface area contributed by atoms with Crippen LogP contribution < -0.4 is 0 Å². The SMILES string of the molecule is Cc1ccc(C(=O)N2CCN(S(=O)(=O)c3cccc(C(F)(F)F)c3)CC2)cc1. The molecule has 1 amide bonds. The van der Waals surface area contributed by atoms with E-state index in [0.29, 0.717) is 11.6 Å². The van der Waals surface area contributed by atoms with Crippen LogP contribution in [0.15, 0.2) is 53.4 Å². The van der Waals surface area contributed by atoms with Gasteiger partial charge in [-0.15, -0.1) is 0 Å². The third kappa shape index (κ3) is 4.20. The van der Waals surface area contributed by atoms with Gasteiger partial charge in [0, 0.05) is 31.7 Å². The lowest BCUT2D eigenvalue weighted by atomic mass is 10.1. The van der Waals surface area contributed by atoms with Gasteiger partial charge in [0.25, 0.3) is 5.91 Å². The molecule has 3 rings (SSSR count). The van der Waals surface area contributed by atoms with Crippen molar-refractivity contribution in [2.45, 2.75) is 18.0 Å². The van der Waals surface area contributed by atoms with Crippen molar-refractivity contribution >= 4 is 15.9 Å². The number of nitrogens with zero attached hydrogens (tertiary/aromatic N) is 2. The number of halogens is 3. The first kappa shape index (κ1) is 20.3. The zero-order chi connectivity index (χ0) is 20.5. The first-order chi connectivity index (χ1) is 13.1. The van der Waals surface area contributed by atoms with Crippen molar-refractivity contribution in [3.63, 3.8) is 0 Å². The Bertz CT molecular complexity index is 965. The van der Waals surface area contributed by atoms with E-state index in [9.17, 15) is 26.4 Å². The van der Waals surface area contributed by atoms with Crippen molar-refractivity contribution in [3.05, 3.63) is 65.2 Å². The average molecular weight is 412 g/mol. The molecule has 0 N–H and O–H groups in total. The molecular formula is C19H19F3N2O3S. The molecule has 1 saturated heterocycles. The van der Waals surface area contributed by atoms with E-state index in [-0.39, 0.29) is 32.1 Å². The van der Waals surface area contributed by atoms with E-state index in [1.165, 1.54) is 0 Å². The van der Waals surface area contributed by atoms with Crippen LogP contribution in [0.5, 0.6) is 0 Å². The summed E-state index contributed by atoms with van der Waals surface area (Å²) in [7, 11) is -4.07. The Balaban J connectivity index is 1.72. The molecule has 5 nitrogen and oxygen atoms in total. The highest BCUT2D eigenvalue weighted by molar-refractivity contribution is 7.89. The van der Waals surface area contributed by atoms with Gasteiger partial charge in [-0.25, -0.2) is 8.42 Å². The molecule has 1 fully saturated rings. The number of rotatable bonds is 3. The fourth-order valence-corrected chi connectivity index (χ4v) is 4.46. The summed E-state index contributed by atoms with van der Waals surface area (Å²) in [5.74, 6) is -0.198. The Morgan fingerprint density at radius 3 is 2.14 bits per heavy atom. The van der Waals surface area contributed by atoms with Crippen LogP contribution in [-0.4, -0.2) is 49.7 Å². The monoisotopic (exact) mass is 412 g/mol. The van der Waals surface area contributed by atoms with Gasteiger partial charge in [-0.1, -0.05) is 23.8 Å². The summed E-state index contributed by atoms with van der Waals surface area (Å²) >= 11 is 0. The lowest BCUT2D eigenvalue weighted by Crippen LogP contribution is -2.50. The van der Waals surface area contributed by atoms with Gasteiger partial charge in [-0.3, -0.25) is 4.79 Å². The molecule has 2 aromatic carbocycles. The van der Waals surface area contributed by atoms with Crippen molar-refractivity contribution in [2.75, 3.05) is 26.2 Å². The van der Waals surface area contributed by atoms with Crippen LogP contribution in [0.25, 0.3) is 0 Å². The Labute approximate surface area is 161 Å². The van der Waals surface area contributed by atoms with Crippen LogP contribution in [0, 0.1) is 6.92 Å². The first-order valence-electron chi connectivity index (χ1n) is 8.62. The minimum absolute atomic E-state index is 0.0240. The number of amides is 1. The summed E-state index contributed by atoms with van der Waals surface area (Å²) in [5.41, 5.74) is 0.523. The van der Waals surface area contributed by atoms with Crippen LogP contribution in [0.1, 0.15) is 21.5 Å². The molecule has 28 heavy (non-hydrogen) atoms. The molecule has 9 heteroatoms. The Morgan fingerprint density at radius 2 is 1.57 bits per heavy atom. The summed E-state index contributed by atoms with van der Waals surface area (Å²) in [4.78, 5) is 13.7. The van der Waals surface area contributed by atoms with Crippen LogP contribution in [-0.2, 0) is 16.2 Å². The third-order valence-electron chi connectivity index (χ3n) is 4.62. The van der Waals surface area contributed by atoms with Gasteiger partial charge in [-0.2, -0.15) is 17.5 Å². The topological polar surface area (TPSA) is 57.7 Å². The molecule has 1 heterocycles. The van der Waals surface area contributed by atoms with E-state index in [0.717, 1.165) is 28.1 Å². The summed E-state index contributed by atoms with van der Waals surface area (Å²) in [6.07, 6.45) is -4.62. The number of carbonyl (C=O) groups is 1. The number of sulfonamides is 1. The minimum atomic E-state index is -4.62. The number of benzene rings is 2. The minimum Gasteiger partial charge on any atom is -0.336 e. The smallest absolute Gasteiger partial charge is 0.336 e. The second kappa shape index (κ2) is 7.56. The average Bonchev–Trinajstić information content (AvgIpc) is 2.67. The van der Waals surface area contributed by atoms with E-state index < -0.39 is 26.7 Å². The highest BCUT2D eigenvalue weighted by Gasteiger charge is 2.34. The van der Waals surface area contributed by atoms with Crippen molar-refractivity contribution in [1.29, 1.82) is 0 Å². The Morgan fingerprint density at radius 1 is 0.964 bits per heavy atom. The third-order valence-corrected chi connectivity index (χ3v) is 6.52. The second-order valence-electron chi connectivity index (χ2n) is 6.59. The molecule has 1 aliphatic rings. The zero-order valence-electron chi connectivity index (χ0n) is 15.1. The van der Waals surface area contributed by atoms with E-state index in [2.05, 4.69) is 0 Å². The number of hydrogen-bond donors (Lipinski definition) is 0. The molecular weight excluding hydrogens is 393 g/mol. The van der Waals surface area contributed by atoms with Gasteiger partial charge < -0.3 is 4.90 Å². The number of carbonyl (C=O) groups excluding carboxylic acids is 1. The largest absolute Gasteiger partial charge is 0.416 e. The molecule has 0 unspecified atom stereocenters. The highest BCUT2D eigenvalue weighted by Crippen LogP contribution is 2.31. The standard InChI is InChI=1S/C19H19F3N2O3S/c1-14-5-7-15(8-6-14)18(25)23-9-11-24(12-10-23)28(26,27)17-4-2-3-16(13-17)19(20,21)22/h2-8,13H,9-12H2,1H3. The summed E-state index contributed by atoms with van der Waals surface area (Å²) in [5, 5.41) is 0. The van der Waals surface area contributed by atoms with E-state index in [1.807, 2.05) is 19.1 Å². The normalized spacial score (nSPS) is 16.2. The second-order valence-corrected chi connectivity index (χ2v) is 8.53. The van der Waals surface area contributed by atoms with Crippen LogP contribution in [0.2, 0.25) is 0 Å². The van der Waals surface area contributed by atoms with Crippen LogP contribution >= 0.6 is 0 Å². The molecule has 2 aromatic rings. The number of piperazine rings is 1. The number of hydrogen-bond acceptors (Lipinski definition) is 3. The fraction of sp³-hybridized carbons (Fsp3) is 0.316. The molecule has 0 atom stereocenters. The molecule has 0 radical (unpaired) electrons. The van der Waals surface area contributed by atoms with Gasteiger partial charge in [0.1, 0.15) is 0 Å². The van der Waals surface area contributed by atoms with Crippen molar-refractivity contribution in [2.24, 2.45) is 0 Å². The molecule has 0 aromatic heterocycles. The highest BCUT2D eigenvalue weighted by atomic mass is 32.2. The van der Waals surface area contributed by atoms with Crippen molar-refractivity contribution < 1.29 is 26.4 Å². The van der Waals surface area contributed by atoms with E-state index in [4.69, 9.17) is 0 Å². The fourth-order valence-electron chi connectivity index (χ4n) is 2.99. The van der Waals surface area contributed by atoms with Gasteiger partial charge >= 0.3 is 6.18 Å². The maximum Gasteiger partial charge on any atom is 0.416 e. The number of alkyl halides is 3. The Kier molecular flexibility index (Phi) is 5.49. The predicted molar refractivity (Wildman–Crippen MR) is 97.3 cm³/mol. The van der Waals surface area contributed by atoms with Gasteiger partial charge in [0.05, 0.1) is 10.5 Å². The first-order valence-corrected chi connectivity index (χ1v) is 10.1. The molecule has 0 saturated carbocycles. The van der Waals surface area contributed by atoms with Crippen LogP contribution in [0.4, 0.5) is 13.2 Å². The van der Waals surface area contributed by atoms with E-state index in [1.54, 1.807) is 17.0 Å². The summed E-state index contributed by atoms with van der Waals surface area (Å²) < 4.78 is 65.1. The summed E-state index contributed by atoms with van der Waals surface area (Å²) in [6.45, 7) is 2.30.